The zero-order valence-electron chi connectivity index (χ0n) is 7.11. The lowest BCUT2D eigenvalue weighted by Gasteiger charge is -2.17. The monoisotopic (exact) mass is 162 g/mol. The van der Waals surface area contributed by atoms with Crippen LogP contribution < -0.4 is 0 Å². The summed E-state index contributed by atoms with van der Waals surface area (Å²) in [5, 5.41) is 8.08. The number of fused-ring (bicyclic) bond motifs is 1. The Hall–Kier alpha value is -1.22. The van der Waals surface area contributed by atoms with E-state index in [9.17, 15) is 0 Å². The molecule has 0 bridgehead atoms. The van der Waals surface area contributed by atoms with Gasteiger partial charge in [0.15, 0.2) is 0 Å². The van der Waals surface area contributed by atoms with Crippen molar-refractivity contribution in [1.29, 1.82) is 0 Å². The molecule has 1 aliphatic rings. The normalized spacial score (nSPS) is 25.8. The maximum Gasteiger partial charge on any atom is 0.204 e. The molecule has 3 nitrogen and oxygen atoms in total. The highest BCUT2D eigenvalue weighted by Crippen LogP contribution is 2.40. The van der Waals surface area contributed by atoms with Crippen LogP contribution in [0.25, 0.3) is 0 Å². The van der Waals surface area contributed by atoms with E-state index in [1.54, 1.807) is 7.11 Å². The van der Waals surface area contributed by atoms with Crippen LogP contribution in [0.15, 0.2) is 34.5 Å². The van der Waals surface area contributed by atoms with Crippen LogP contribution in [0.4, 0.5) is 5.69 Å². The summed E-state index contributed by atoms with van der Waals surface area (Å²) >= 11 is 0. The van der Waals surface area contributed by atoms with Crippen LogP contribution in [0.1, 0.15) is 12.5 Å². The maximum atomic E-state index is 5.26. The van der Waals surface area contributed by atoms with Gasteiger partial charge in [0.05, 0.1) is 5.69 Å². The highest BCUT2D eigenvalue weighted by atomic mass is 16.5. The van der Waals surface area contributed by atoms with Crippen molar-refractivity contribution in [3.63, 3.8) is 0 Å². The number of nitrogens with zero attached hydrogens (tertiary/aromatic N) is 2. The fraction of sp³-hybridized carbons (Fsp3) is 0.333. The molecule has 0 saturated carbocycles. The second-order valence-electron chi connectivity index (χ2n) is 2.90. The molecule has 0 saturated heterocycles. The van der Waals surface area contributed by atoms with E-state index >= 15 is 0 Å². The van der Waals surface area contributed by atoms with Crippen LogP contribution in [-0.4, -0.2) is 7.11 Å². The quantitative estimate of drug-likeness (QED) is 0.624. The summed E-state index contributed by atoms with van der Waals surface area (Å²) in [6.07, 6.45) is 0. The predicted molar refractivity (Wildman–Crippen MR) is 45.3 cm³/mol. The highest BCUT2D eigenvalue weighted by Gasteiger charge is 2.32. The van der Waals surface area contributed by atoms with Crippen LogP contribution in [0, 0.1) is 0 Å². The molecule has 2 rings (SSSR count). The minimum absolute atomic E-state index is 0.573. The van der Waals surface area contributed by atoms with E-state index in [1.807, 2.05) is 31.2 Å². The molecule has 1 aromatic carbocycles. The Morgan fingerprint density at radius 2 is 2.08 bits per heavy atom. The van der Waals surface area contributed by atoms with Crippen molar-refractivity contribution in [3.05, 3.63) is 29.8 Å². The summed E-state index contributed by atoms with van der Waals surface area (Å²) in [4.78, 5) is 0. The van der Waals surface area contributed by atoms with Gasteiger partial charge in [0, 0.05) is 12.7 Å². The third kappa shape index (κ3) is 0.865. The lowest BCUT2D eigenvalue weighted by atomic mass is 10.1. The Kier molecular flexibility index (Phi) is 1.48. The van der Waals surface area contributed by atoms with Gasteiger partial charge in [0.1, 0.15) is 0 Å². The number of azo groups is 1. The van der Waals surface area contributed by atoms with E-state index in [4.69, 9.17) is 4.74 Å². The average molecular weight is 162 g/mol. The van der Waals surface area contributed by atoms with Crippen molar-refractivity contribution >= 4 is 5.69 Å². The fourth-order valence-corrected chi connectivity index (χ4v) is 1.31. The molecule has 1 aliphatic heterocycles. The van der Waals surface area contributed by atoms with Gasteiger partial charge in [0.25, 0.3) is 0 Å². The van der Waals surface area contributed by atoms with Crippen molar-refractivity contribution in [2.45, 2.75) is 12.6 Å². The molecule has 0 radical (unpaired) electrons. The molecule has 3 heteroatoms. The van der Waals surface area contributed by atoms with Crippen LogP contribution >= 0.6 is 0 Å². The number of ether oxygens (including phenoxy) is 1. The first-order chi connectivity index (χ1) is 5.76. The van der Waals surface area contributed by atoms with Crippen LogP contribution in [0.3, 0.4) is 0 Å². The molecule has 62 valence electrons. The number of rotatable bonds is 1. The molecule has 0 unspecified atom stereocenters. The van der Waals surface area contributed by atoms with Crippen molar-refractivity contribution in [3.8, 4) is 0 Å². The maximum absolute atomic E-state index is 5.26. The number of methoxy groups -OCH3 is 1. The van der Waals surface area contributed by atoms with Gasteiger partial charge in [-0.3, -0.25) is 0 Å². The SMILES string of the molecule is CO[C@]1(C)N=Nc2ccccc21. The van der Waals surface area contributed by atoms with Crippen LogP contribution in [0.5, 0.6) is 0 Å². The van der Waals surface area contributed by atoms with E-state index in [1.165, 1.54) is 0 Å². The van der Waals surface area contributed by atoms with Gasteiger partial charge in [-0.1, -0.05) is 18.2 Å². The van der Waals surface area contributed by atoms with Crippen molar-refractivity contribution in [2.24, 2.45) is 10.2 Å². The van der Waals surface area contributed by atoms with Gasteiger partial charge in [-0.2, -0.15) is 5.11 Å². The summed E-state index contributed by atoms with van der Waals surface area (Å²) in [7, 11) is 1.64. The molecule has 0 spiro atoms. The summed E-state index contributed by atoms with van der Waals surface area (Å²) in [5.74, 6) is 0. The zero-order chi connectivity index (χ0) is 8.60. The second kappa shape index (κ2) is 2.38. The van der Waals surface area contributed by atoms with E-state index < -0.39 is 5.72 Å². The third-order valence-electron chi connectivity index (χ3n) is 2.15. The molecule has 0 amide bonds. The van der Waals surface area contributed by atoms with Gasteiger partial charge < -0.3 is 4.74 Å². The molecule has 0 aromatic heterocycles. The van der Waals surface area contributed by atoms with Gasteiger partial charge in [0.2, 0.25) is 5.72 Å². The molecular formula is C9H10N2O. The summed E-state index contributed by atoms with van der Waals surface area (Å²) in [5.41, 5.74) is 1.37. The Morgan fingerprint density at radius 1 is 1.33 bits per heavy atom. The van der Waals surface area contributed by atoms with Gasteiger partial charge in [-0.15, -0.1) is 5.11 Å². The minimum Gasteiger partial charge on any atom is -0.352 e. The Labute approximate surface area is 71.1 Å². The summed E-state index contributed by atoms with van der Waals surface area (Å²) < 4.78 is 5.26. The first kappa shape index (κ1) is 7.43. The molecule has 0 N–H and O–H groups in total. The van der Waals surface area contributed by atoms with Crippen LogP contribution in [-0.2, 0) is 10.5 Å². The molecule has 0 fully saturated rings. The Bertz CT molecular complexity index is 335. The van der Waals surface area contributed by atoms with Crippen molar-refractivity contribution in [2.75, 3.05) is 7.11 Å². The first-order valence-corrected chi connectivity index (χ1v) is 3.84. The smallest absolute Gasteiger partial charge is 0.204 e. The molecule has 1 aromatic rings. The topological polar surface area (TPSA) is 34.0 Å². The zero-order valence-corrected chi connectivity index (χ0v) is 7.11. The summed E-state index contributed by atoms with van der Waals surface area (Å²) in [6.45, 7) is 1.91. The van der Waals surface area contributed by atoms with Gasteiger partial charge in [-0.05, 0) is 13.0 Å². The fourth-order valence-electron chi connectivity index (χ4n) is 1.31. The molecule has 1 atom stereocenters. The Balaban J connectivity index is 2.56. The van der Waals surface area contributed by atoms with E-state index in [2.05, 4.69) is 10.2 Å². The average Bonchev–Trinajstić information content (AvgIpc) is 2.46. The van der Waals surface area contributed by atoms with Crippen molar-refractivity contribution < 1.29 is 4.74 Å². The van der Waals surface area contributed by atoms with Crippen LogP contribution in [0.2, 0.25) is 0 Å². The van der Waals surface area contributed by atoms with E-state index in [0.717, 1.165) is 11.3 Å². The third-order valence-corrected chi connectivity index (χ3v) is 2.15. The number of hydrogen-bond donors (Lipinski definition) is 0. The minimum atomic E-state index is -0.573. The van der Waals surface area contributed by atoms with Gasteiger partial charge >= 0.3 is 0 Å². The largest absolute Gasteiger partial charge is 0.352 e. The standard InChI is InChI=1S/C9H10N2O/c1-9(12-2)7-5-3-4-6-8(7)10-11-9/h3-6H,1-2H3/t9-/m0/s1. The Morgan fingerprint density at radius 3 is 2.83 bits per heavy atom. The van der Waals surface area contributed by atoms with Gasteiger partial charge in [-0.25, -0.2) is 0 Å². The number of hydrogen-bond acceptors (Lipinski definition) is 3. The second-order valence-corrected chi connectivity index (χ2v) is 2.90. The van der Waals surface area contributed by atoms with Crippen molar-refractivity contribution in [1.82, 2.24) is 0 Å². The molecule has 12 heavy (non-hydrogen) atoms. The lowest BCUT2D eigenvalue weighted by Crippen LogP contribution is -2.18. The number of benzene rings is 1. The highest BCUT2D eigenvalue weighted by molar-refractivity contribution is 5.50. The molecular weight excluding hydrogens is 152 g/mol. The lowest BCUT2D eigenvalue weighted by molar-refractivity contribution is 0.0100. The van der Waals surface area contributed by atoms with E-state index in [0.29, 0.717) is 0 Å². The molecule has 1 heterocycles. The van der Waals surface area contributed by atoms with E-state index in [-0.39, 0.29) is 0 Å². The first-order valence-electron chi connectivity index (χ1n) is 3.84. The summed E-state index contributed by atoms with van der Waals surface area (Å²) in [6, 6.07) is 7.83. The molecule has 0 aliphatic carbocycles. The predicted octanol–water partition coefficient (Wildman–Crippen LogP) is 2.60.